The van der Waals surface area contributed by atoms with Crippen LogP contribution in [-0.4, -0.2) is 17.5 Å². The highest BCUT2D eigenvalue weighted by atomic mass is 32.1. The molecule has 0 amide bonds. The summed E-state index contributed by atoms with van der Waals surface area (Å²) >= 11 is 1.57. The van der Waals surface area contributed by atoms with Gasteiger partial charge in [-0.2, -0.15) is 0 Å². The predicted octanol–water partition coefficient (Wildman–Crippen LogP) is 4.04. The standard InChI is InChI=1S/C17H17NO2S/c1-4-11-8-9-15(21-11)17(19)12-10-18(2)13-6-5-7-14(20-3)16(12)13/h5-10H,4H2,1-3H3. The van der Waals surface area contributed by atoms with Gasteiger partial charge < -0.3 is 9.30 Å². The molecule has 3 aromatic rings. The normalized spacial score (nSPS) is 11.0. The number of methoxy groups -OCH3 is 1. The molecular formula is C17H17NO2S. The van der Waals surface area contributed by atoms with E-state index in [-0.39, 0.29) is 5.78 Å². The molecule has 0 saturated heterocycles. The fourth-order valence-electron chi connectivity index (χ4n) is 2.58. The highest BCUT2D eigenvalue weighted by Crippen LogP contribution is 2.32. The number of hydrogen-bond donors (Lipinski definition) is 0. The second-order valence-electron chi connectivity index (χ2n) is 4.96. The number of rotatable bonds is 4. The van der Waals surface area contributed by atoms with Crippen molar-refractivity contribution in [2.75, 3.05) is 7.11 Å². The summed E-state index contributed by atoms with van der Waals surface area (Å²) in [5.41, 5.74) is 1.71. The maximum Gasteiger partial charge on any atom is 0.205 e. The second-order valence-corrected chi connectivity index (χ2v) is 6.13. The molecular weight excluding hydrogens is 282 g/mol. The molecule has 4 heteroatoms. The maximum atomic E-state index is 12.8. The topological polar surface area (TPSA) is 31.2 Å². The Bertz CT molecular complexity index is 813. The summed E-state index contributed by atoms with van der Waals surface area (Å²) in [5.74, 6) is 0.804. The van der Waals surface area contributed by atoms with E-state index in [0.29, 0.717) is 5.56 Å². The average Bonchev–Trinajstić information content (AvgIpc) is 3.11. The van der Waals surface area contributed by atoms with Crippen LogP contribution < -0.4 is 4.74 Å². The van der Waals surface area contributed by atoms with E-state index in [1.807, 2.05) is 48.1 Å². The molecule has 0 unspecified atom stereocenters. The van der Waals surface area contributed by atoms with Crippen molar-refractivity contribution in [2.45, 2.75) is 13.3 Å². The van der Waals surface area contributed by atoms with Gasteiger partial charge >= 0.3 is 0 Å². The summed E-state index contributed by atoms with van der Waals surface area (Å²) in [4.78, 5) is 14.8. The van der Waals surface area contributed by atoms with Crippen LogP contribution in [0.1, 0.15) is 27.0 Å². The summed E-state index contributed by atoms with van der Waals surface area (Å²) in [6.07, 6.45) is 2.84. The van der Waals surface area contributed by atoms with Gasteiger partial charge in [-0.15, -0.1) is 11.3 Å². The van der Waals surface area contributed by atoms with Crippen LogP contribution in [0.4, 0.5) is 0 Å². The van der Waals surface area contributed by atoms with Crippen molar-refractivity contribution in [1.29, 1.82) is 0 Å². The van der Waals surface area contributed by atoms with Gasteiger partial charge in [-0.3, -0.25) is 4.79 Å². The van der Waals surface area contributed by atoms with E-state index in [1.165, 1.54) is 4.88 Å². The zero-order valence-corrected chi connectivity index (χ0v) is 13.2. The smallest absolute Gasteiger partial charge is 0.205 e. The second kappa shape index (κ2) is 5.37. The summed E-state index contributed by atoms with van der Waals surface area (Å²) in [6.45, 7) is 2.10. The molecule has 0 aliphatic carbocycles. The number of ketones is 1. The molecule has 1 aromatic carbocycles. The van der Waals surface area contributed by atoms with Gasteiger partial charge in [0.15, 0.2) is 0 Å². The van der Waals surface area contributed by atoms with Crippen LogP contribution in [0.5, 0.6) is 5.75 Å². The summed E-state index contributed by atoms with van der Waals surface area (Å²) < 4.78 is 7.40. The van der Waals surface area contributed by atoms with E-state index < -0.39 is 0 Å². The number of fused-ring (bicyclic) bond motifs is 1. The number of ether oxygens (including phenoxy) is 1. The first-order chi connectivity index (χ1) is 10.2. The molecule has 2 heterocycles. The summed E-state index contributed by atoms with van der Waals surface area (Å²) in [5, 5.41) is 0.888. The number of nitrogens with zero attached hydrogens (tertiary/aromatic N) is 1. The number of carbonyl (C=O) groups excluding carboxylic acids is 1. The van der Waals surface area contributed by atoms with Crippen LogP contribution in [0, 0.1) is 0 Å². The predicted molar refractivity (Wildman–Crippen MR) is 86.6 cm³/mol. The first-order valence-corrected chi connectivity index (χ1v) is 7.72. The highest BCUT2D eigenvalue weighted by molar-refractivity contribution is 7.14. The lowest BCUT2D eigenvalue weighted by Crippen LogP contribution is -1.98. The molecule has 3 nitrogen and oxygen atoms in total. The van der Waals surface area contributed by atoms with Gasteiger partial charge in [0.2, 0.25) is 5.78 Å². The molecule has 0 N–H and O–H groups in total. The SMILES string of the molecule is CCc1ccc(C(=O)c2cn(C)c3cccc(OC)c23)s1. The van der Waals surface area contributed by atoms with Gasteiger partial charge in [0, 0.05) is 18.1 Å². The lowest BCUT2D eigenvalue weighted by Gasteiger charge is -2.04. The molecule has 0 fully saturated rings. The van der Waals surface area contributed by atoms with Gasteiger partial charge in [0.1, 0.15) is 5.75 Å². The quantitative estimate of drug-likeness (QED) is 0.681. The largest absolute Gasteiger partial charge is 0.496 e. The van der Waals surface area contributed by atoms with Crippen molar-refractivity contribution < 1.29 is 9.53 Å². The van der Waals surface area contributed by atoms with Crippen LogP contribution in [0.3, 0.4) is 0 Å². The Kier molecular flexibility index (Phi) is 3.55. The van der Waals surface area contributed by atoms with E-state index in [9.17, 15) is 4.79 Å². The molecule has 0 aliphatic heterocycles. The molecule has 21 heavy (non-hydrogen) atoms. The first kappa shape index (κ1) is 13.9. The molecule has 3 rings (SSSR count). The zero-order valence-electron chi connectivity index (χ0n) is 12.3. The summed E-state index contributed by atoms with van der Waals surface area (Å²) in [7, 11) is 3.58. The molecule has 0 saturated carbocycles. The van der Waals surface area contributed by atoms with E-state index in [0.717, 1.165) is 28.0 Å². The van der Waals surface area contributed by atoms with Crippen LogP contribution in [0.2, 0.25) is 0 Å². The number of thiophene rings is 1. The third kappa shape index (κ3) is 2.25. The van der Waals surface area contributed by atoms with Crippen LogP contribution in [0.25, 0.3) is 10.9 Å². The van der Waals surface area contributed by atoms with Crippen molar-refractivity contribution >= 4 is 28.0 Å². The summed E-state index contributed by atoms with van der Waals surface area (Å²) in [6, 6.07) is 9.78. The molecule has 0 spiro atoms. The highest BCUT2D eigenvalue weighted by Gasteiger charge is 2.20. The minimum Gasteiger partial charge on any atom is -0.496 e. The van der Waals surface area contributed by atoms with Crippen molar-refractivity contribution in [1.82, 2.24) is 4.57 Å². The van der Waals surface area contributed by atoms with E-state index >= 15 is 0 Å². The molecule has 0 bridgehead atoms. The Morgan fingerprint density at radius 1 is 1.29 bits per heavy atom. The van der Waals surface area contributed by atoms with Gasteiger partial charge in [-0.25, -0.2) is 0 Å². The van der Waals surface area contributed by atoms with E-state index in [1.54, 1.807) is 18.4 Å². The Balaban J connectivity index is 2.18. The lowest BCUT2D eigenvalue weighted by atomic mass is 10.1. The van der Waals surface area contributed by atoms with Crippen molar-refractivity contribution in [3.8, 4) is 5.75 Å². The average molecular weight is 299 g/mol. The van der Waals surface area contributed by atoms with Gasteiger partial charge in [-0.1, -0.05) is 13.0 Å². The van der Waals surface area contributed by atoms with E-state index in [2.05, 4.69) is 6.92 Å². The van der Waals surface area contributed by atoms with Crippen molar-refractivity contribution in [3.05, 3.63) is 51.8 Å². The Labute approximate surface area is 127 Å². The van der Waals surface area contributed by atoms with Gasteiger partial charge in [-0.05, 0) is 30.7 Å². The Morgan fingerprint density at radius 3 is 2.76 bits per heavy atom. The number of benzene rings is 1. The third-order valence-electron chi connectivity index (χ3n) is 3.67. The van der Waals surface area contributed by atoms with Crippen LogP contribution >= 0.6 is 11.3 Å². The van der Waals surface area contributed by atoms with Gasteiger partial charge in [0.25, 0.3) is 0 Å². The van der Waals surface area contributed by atoms with Gasteiger partial charge in [0.05, 0.1) is 28.5 Å². The fraction of sp³-hybridized carbons (Fsp3) is 0.235. The zero-order chi connectivity index (χ0) is 15.0. The molecule has 0 radical (unpaired) electrons. The van der Waals surface area contributed by atoms with Crippen molar-refractivity contribution in [2.24, 2.45) is 7.05 Å². The number of hydrogen-bond acceptors (Lipinski definition) is 3. The number of aromatic nitrogens is 1. The maximum absolute atomic E-state index is 12.8. The lowest BCUT2D eigenvalue weighted by molar-refractivity contribution is 0.104. The fourth-order valence-corrected chi connectivity index (χ4v) is 3.48. The molecule has 0 aliphatic rings. The monoisotopic (exact) mass is 299 g/mol. The number of aryl methyl sites for hydroxylation is 2. The minimum absolute atomic E-state index is 0.0646. The Morgan fingerprint density at radius 2 is 2.10 bits per heavy atom. The minimum atomic E-state index is 0.0646. The number of carbonyl (C=O) groups is 1. The molecule has 108 valence electrons. The molecule has 0 atom stereocenters. The Hall–Kier alpha value is -2.07. The van der Waals surface area contributed by atoms with Crippen LogP contribution in [0.15, 0.2) is 36.5 Å². The third-order valence-corrected chi connectivity index (χ3v) is 4.90. The van der Waals surface area contributed by atoms with E-state index in [4.69, 9.17) is 4.74 Å². The van der Waals surface area contributed by atoms with Crippen molar-refractivity contribution in [3.63, 3.8) is 0 Å². The molecule has 2 aromatic heterocycles. The van der Waals surface area contributed by atoms with Crippen LogP contribution in [-0.2, 0) is 13.5 Å². The first-order valence-electron chi connectivity index (χ1n) is 6.91.